The van der Waals surface area contributed by atoms with Crippen LogP contribution in [0.5, 0.6) is 0 Å². The van der Waals surface area contributed by atoms with Crippen LogP contribution in [-0.4, -0.2) is 45.1 Å². The zero-order valence-electron chi connectivity index (χ0n) is 17.8. The van der Waals surface area contributed by atoms with Gasteiger partial charge in [-0.2, -0.15) is 0 Å². The summed E-state index contributed by atoms with van der Waals surface area (Å²) in [6, 6.07) is 16.0. The van der Waals surface area contributed by atoms with E-state index in [2.05, 4.69) is 10.6 Å². The minimum atomic E-state index is -3.56. The minimum absolute atomic E-state index is 0.00834. The van der Waals surface area contributed by atoms with Gasteiger partial charge in [0.15, 0.2) is 9.84 Å². The van der Waals surface area contributed by atoms with Crippen LogP contribution in [0, 0.1) is 5.82 Å². The molecule has 0 aromatic heterocycles. The second-order valence-electron chi connectivity index (χ2n) is 7.30. The highest BCUT2D eigenvalue weighted by atomic mass is 35.5. The summed E-state index contributed by atoms with van der Waals surface area (Å²) in [6.45, 7) is -0.278. The fraction of sp³-hybridized carbons (Fsp3) is 0.130. The number of carbonyl (C=O) groups excluding carboxylic acids is 2. The fourth-order valence-electron chi connectivity index (χ4n) is 3.06. The first-order valence-corrected chi connectivity index (χ1v) is 12.0. The van der Waals surface area contributed by atoms with Gasteiger partial charge in [0.1, 0.15) is 12.4 Å². The third kappa shape index (κ3) is 6.30. The van der Waals surface area contributed by atoms with Gasteiger partial charge in [-0.05, 0) is 48.5 Å². The van der Waals surface area contributed by atoms with Crippen molar-refractivity contribution in [2.45, 2.75) is 4.90 Å². The molecule has 0 saturated carbocycles. The Morgan fingerprint density at radius 2 is 1.58 bits per heavy atom. The lowest BCUT2D eigenvalue weighted by Gasteiger charge is -2.18. The molecule has 172 valence electrons. The molecule has 0 heterocycles. The minimum Gasteiger partial charge on any atom is -0.324 e. The highest BCUT2D eigenvalue weighted by Gasteiger charge is 2.18. The standard InChI is InChI=1S/C23H21ClFN3O4S/c1-28(23(30)27-16-9-7-15(24)8-10-16)14-22(29)26-17-11-12-18(20(25)13-17)19-5-3-4-6-21(19)33(2,31)32/h3-13H,14H2,1-2H3,(H,26,29)(H,27,30). The van der Waals surface area contributed by atoms with Crippen LogP contribution in [0.25, 0.3) is 11.1 Å². The highest BCUT2D eigenvalue weighted by Crippen LogP contribution is 2.30. The molecular weight excluding hydrogens is 469 g/mol. The van der Waals surface area contributed by atoms with Crippen molar-refractivity contribution in [1.29, 1.82) is 0 Å². The van der Waals surface area contributed by atoms with Crippen molar-refractivity contribution in [1.82, 2.24) is 4.90 Å². The van der Waals surface area contributed by atoms with Crippen LogP contribution in [0.3, 0.4) is 0 Å². The largest absolute Gasteiger partial charge is 0.324 e. The van der Waals surface area contributed by atoms with Crippen LogP contribution in [0.15, 0.2) is 71.6 Å². The Kier molecular flexibility index (Phi) is 7.35. The molecule has 3 rings (SSSR count). The van der Waals surface area contributed by atoms with Crippen LogP contribution in [0.4, 0.5) is 20.6 Å². The van der Waals surface area contributed by atoms with Crippen molar-refractivity contribution < 1.29 is 22.4 Å². The first-order chi connectivity index (χ1) is 15.5. The van der Waals surface area contributed by atoms with E-state index < -0.39 is 27.6 Å². The molecule has 10 heteroatoms. The number of likely N-dealkylation sites (N-methyl/N-ethyl adjacent to an activating group) is 1. The smallest absolute Gasteiger partial charge is 0.322 e. The van der Waals surface area contributed by atoms with E-state index in [1.807, 2.05) is 0 Å². The second-order valence-corrected chi connectivity index (χ2v) is 9.72. The first kappa shape index (κ1) is 24.2. The average Bonchev–Trinajstić information content (AvgIpc) is 2.74. The summed E-state index contributed by atoms with van der Waals surface area (Å²) in [5.41, 5.74) is 1.01. The Labute approximate surface area is 196 Å². The molecule has 0 saturated heterocycles. The Hall–Kier alpha value is -3.43. The summed E-state index contributed by atoms with van der Waals surface area (Å²) in [5.74, 6) is -1.23. The van der Waals surface area contributed by atoms with Crippen molar-refractivity contribution in [2.24, 2.45) is 0 Å². The number of amides is 3. The van der Waals surface area contributed by atoms with Crippen LogP contribution in [0.2, 0.25) is 5.02 Å². The molecule has 7 nitrogen and oxygen atoms in total. The van der Waals surface area contributed by atoms with E-state index in [0.717, 1.165) is 17.2 Å². The van der Waals surface area contributed by atoms with E-state index in [4.69, 9.17) is 11.6 Å². The molecule has 0 aliphatic heterocycles. The summed E-state index contributed by atoms with van der Waals surface area (Å²) >= 11 is 5.81. The molecule has 0 radical (unpaired) electrons. The summed E-state index contributed by atoms with van der Waals surface area (Å²) < 4.78 is 38.8. The summed E-state index contributed by atoms with van der Waals surface area (Å²) in [7, 11) is -2.12. The van der Waals surface area contributed by atoms with Gasteiger partial charge in [0.05, 0.1) is 4.90 Å². The normalized spacial score (nSPS) is 11.0. The van der Waals surface area contributed by atoms with Gasteiger partial charge in [-0.1, -0.05) is 29.8 Å². The van der Waals surface area contributed by atoms with Crippen molar-refractivity contribution in [3.05, 3.63) is 77.6 Å². The molecular formula is C23H21ClFN3O4S. The van der Waals surface area contributed by atoms with Gasteiger partial charge in [-0.25, -0.2) is 17.6 Å². The average molecular weight is 490 g/mol. The quantitative estimate of drug-likeness (QED) is 0.526. The molecule has 0 aliphatic rings. The number of sulfone groups is 1. The van der Waals surface area contributed by atoms with E-state index in [1.165, 1.54) is 31.3 Å². The van der Waals surface area contributed by atoms with Crippen molar-refractivity contribution in [3.8, 4) is 11.1 Å². The lowest BCUT2D eigenvalue weighted by molar-refractivity contribution is -0.116. The van der Waals surface area contributed by atoms with Crippen LogP contribution in [0.1, 0.15) is 0 Å². The number of nitrogens with one attached hydrogen (secondary N) is 2. The highest BCUT2D eigenvalue weighted by molar-refractivity contribution is 7.90. The summed E-state index contributed by atoms with van der Waals surface area (Å²) in [5, 5.41) is 5.68. The number of nitrogens with zero attached hydrogens (tertiary/aromatic N) is 1. The predicted molar refractivity (Wildman–Crippen MR) is 127 cm³/mol. The predicted octanol–water partition coefficient (Wildman–Crippen LogP) is 4.65. The van der Waals surface area contributed by atoms with E-state index in [0.29, 0.717) is 10.7 Å². The van der Waals surface area contributed by atoms with E-state index in [-0.39, 0.29) is 28.3 Å². The van der Waals surface area contributed by atoms with Crippen molar-refractivity contribution in [3.63, 3.8) is 0 Å². The second kappa shape index (κ2) is 10.0. The molecule has 2 N–H and O–H groups in total. The lowest BCUT2D eigenvalue weighted by atomic mass is 10.0. The molecule has 33 heavy (non-hydrogen) atoms. The third-order valence-corrected chi connectivity index (χ3v) is 6.06. The molecule has 0 aliphatic carbocycles. The SMILES string of the molecule is CN(CC(=O)Nc1ccc(-c2ccccc2S(C)(=O)=O)c(F)c1)C(=O)Nc1ccc(Cl)cc1. The molecule has 0 fully saturated rings. The Balaban J connectivity index is 1.67. The van der Waals surface area contributed by atoms with Gasteiger partial charge in [-0.3, -0.25) is 4.79 Å². The van der Waals surface area contributed by atoms with Crippen molar-refractivity contribution in [2.75, 3.05) is 30.5 Å². The molecule has 0 spiro atoms. The zero-order valence-corrected chi connectivity index (χ0v) is 19.4. The van der Waals surface area contributed by atoms with E-state index in [1.54, 1.807) is 36.4 Å². The molecule has 0 unspecified atom stereocenters. The number of rotatable bonds is 6. The molecule has 0 bridgehead atoms. The van der Waals surface area contributed by atoms with Gasteiger partial charge < -0.3 is 15.5 Å². The number of anilines is 2. The van der Waals surface area contributed by atoms with Crippen LogP contribution < -0.4 is 10.6 Å². The molecule has 0 atom stereocenters. The van der Waals surface area contributed by atoms with Gasteiger partial charge in [0.25, 0.3) is 0 Å². The van der Waals surface area contributed by atoms with E-state index in [9.17, 15) is 22.4 Å². The van der Waals surface area contributed by atoms with Crippen LogP contribution >= 0.6 is 11.6 Å². The zero-order chi connectivity index (χ0) is 24.2. The molecule has 3 amide bonds. The summed E-state index contributed by atoms with van der Waals surface area (Å²) in [4.78, 5) is 25.7. The fourth-order valence-corrected chi connectivity index (χ4v) is 4.09. The maximum atomic E-state index is 14.8. The maximum absolute atomic E-state index is 14.8. The van der Waals surface area contributed by atoms with Gasteiger partial charge in [0, 0.05) is 40.8 Å². The Morgan fingerprint density at radius 3 is 2.21 bits per heavy atom. The third-order valence-electron chi connectivity index (χ3n) is 4.65. The molecule has 3 aromatic rings. The van der Waals surface area contributed by atoms with Gasteiger partial charge in [-0.15, -0.1) is 0 Å². The first-order valence-electron chi connectivity index (χ1n) is 9.71. The summed E-state index contributed by atoms with van der Waals surface area (Å²) in [6.07, 6.45) is 1.05. The maximum Gasteiger partial charge on any atom is 0.322 e. The number of urea groups is 1. The number of hydrogen-bond acceptors (Lipinski definition) is 4. The Morgan fingerprint density at radius 1 is 0.939 bits per heavy atom. The van der Waals surface area contributed by atoms with Gasteiger partial charge in [0.2, 0.25) is 5.91 Å². The van der Waals surface area contributed by atoms with Gasteiger partial charge >= 0.3 is 6.03 Å². The topological polar surface area (TPSA) is 95.6 Å². The monoisotopic (exact) mass is 489 g/mol. The molecule has 3 aromatic carbocycles. The number of halogens is 2. The number of carbonyl (C=O) groups is 2. The number of hydrogen-bond donors (Lipinski definition) is 2. The number of benzene rings is 3. The van der Waals surface area contributed by atoms with E-state index >= 15 is 0 Å². The van der Waals surface area contributed by atoms with Crippen molar-refractivity contribution >= 4 is 44.8 Å². The van der Waals surface area contributed by atoms with Crippen LogP contribution in [-0.2, 0) is 14.6 Å². The Bertz CT molecular complexity index is 1300. The lowest BCUT2D eigenvalue weighted by Crippen LogP contribution is -2.37.